The number of halogens is 2. The monoisotopic (exact) mass is 495 g/mol. The summed E-state index contributed by atoms with van der Waals surface area (Å²) < 4.78 is 35.7. The summed E-state index contributed by atoms with van der Waals surface area (Å²) in [4.78, 5) is 50.7. The fourth-order valence-corrected chi connectivity index (χ4v) is 4.77. The van der Waals surface area contributed by atoms with Crippen molar-refractivity contribution in [3.8, 4) is 0 Å². The van der Waals surface area contributed by atoms with Crippen LogP contribution in [-0.2, 0) is 20.9 Å². The summed E-state index contributed by atoms with van der Waals surface area (Å²) in [7, 11) is 0. The minimum absolute atomic E-state index is 0.0429. The van der Waals surface area contributed by atoms with Gasteiger partial charge in [0.2, 0.25) is 5.91 Å². The number of primary amides is 1. The number of nitrogens with zero attached hydrogens (tertiary/aromatic N) is 2. The number of likely N-dealkylation sites (tertiary alicyclic amines) is 1. The molecular weight excluding hydrogens is 464 g/mol. The van der Waals surface area contributed by atoms with E-state index >= 15 is 4.39 Å². The van der Waals surface area contributed by atoms with Crippen molar-refractivity contribution in [1.82, 2.24) is 9.80 Å². The van der Waals surface area contributed by atoms with Crippen molar-refractivity contribution in [1.29, 1.82) is 0 Å². The van der Waals surface area contributed by atoms with Crippen LogP contribution >= 0.6 is 0 Å². The highest BCUT2D eigenvalue weighted by molar-refractivity contribution is 6.02. The van der Waals surface area contributed by atoms with E-state index in [1.807, 2.05) is 0 Å². The number of carbonyl (C=O) groups is 4. The molecule has 3 amide bonds. The molecule has 0 spiro atoms. The SMILES string of the molecule is Cc1cc([C@@H]2CCN(C(=O)O)C[C@@H]2F)c(F)c2c1C(=O)N([C@@H](CCC(=O)OC(C)(C)C)C(N)=O)C2. The Bertz CT molecular complexity index is 1050. The van der Waals surface area contributed by atoms with E-state index in [9.17, 15) is 23.6 Å². The predicted molar refractivity (Wildman–Crippen MR) is 121 cm³/mol. The average molecular weight is 496 g/mol. The Morgan fingerprint density at radius 1 is 1.31 bits per heavy atom. The molecule has 0 aliphatic carbocycles. The minimum Gasteiger partial charge on any atom is -0.465 e. The third-order valence-electron chi connectivity index (χ3n) is 6.35. The van der Waals surface area contributed by atoms with Crippen LogP contribution in [0.4, 0.5) is 13.6 Å². The van der Waals surface area contributed by atoms with Crippen molar-refractivity contribution in [2.24, 2.45) is 5.73 Å². The Kier molecular flexibility index (Phi) is 7.37. The zero-order valence-electron chi connectivity index (χ0n) is 20.3. The van der Waals surface area contributed by atoms with Gasteiger partial charge in [-0.1, -0.05) is 6.07 Å². The van der Waals surface area contributed by atoms with Crippen LogP contribution in [0.1, 0.15) is 73.0 Å². The molecule has 11 heteroatoms. The van der Waals surface area contributed by atoms with E-state index in [1.54, 1.807) is 27.7 Å². The first-order valence-corrected chi connectivity index (χ1v) is 11.5. The van der Waals surface area contributed by atoms with Crippen molar-refractivity contribution >= 4 is 23.9 Å². The molecule has 3 N–H and O–H groups in total. The summed E-state index contributed by atoms with van der Waals surface area (Å²) in [6, 6.07) is 0.265. The molecule has 1 fully saturated rings. The second-order valence-corrected chi connectivity index (χ2v) is 10.1. The molecule has 0 unspecified atom stereocenters. The number of fused-ring (bicyclic) bond motifs is 1. The molecule has 3 atom stereocenters. The van der Waals surface area contributed by atoms with E-state index in [1.165, 1.54) is 6.07 Å². The van der Waals surface area contributed by atoms with Gasteiger partial charge in [0.05, 0.1) is 18.7 Å². The maximum Gasteiger partial charge on any atom is 0.407 e. The molecule has 2 aliphatic rings. The van der Waals surface area contributed by atoms with E-state index in [4.69, 9.17) is 15.6 Å². The summed E-state index contributed by atoms with van der Waals surface area (Å²) in [5.74, 6) is -3.59. The summed E-state index contributed by atoms with van der Waals surface area (Å²) in [6.07, 6.45) is -2.99. The highest BCUT2D eigenvalue weighted by Gasteiger charge is 2.41. The van der Waals surface area contributed by atoms with Crippen molar-refractivity contribution in [3.63, 3.8) is 0 Å². The highest BCUT2D eigenvalue weighted by Crippen LogP contribution is 2.38. The largest absolute Gasteiger partial charge is 0.465 e. The van der Waals surface area contributed by atoms with Crippen LogP contribution in [0.2, 0.25) is 0 Å². The number of esters is 1. The number of nitrogens with two attached hydrogens (primary N) is 1. The molecule has 2 heterocycles. The molecule has 9 nitrogen and oxygen atoms in total. The van der Waals surface area contributed by atoms with Gasteiger partial charge in [0.25, 0.3) is 5.91 Å². The van der Waals surface area contributed by atoms with Crippen LogP contribution in [0.5, 0.6) is 0 Å². The number of ether oxygens (including phenoxy) is 1. The molecule has 192 valence electrons. The second-order valence-electron chi connectivity index (χ2n) is 10.1. The molecule has 0 radical (unpaired) electrons. The maximum absolute atomic E-state index is 15.6. The number of alkyl halides is 1. The first-order valence-electron chi connectivity index (χ1n) is 11.5. The summed E-state index contributed by atoms with van der Waals surface area (Å²) in [5.41, 5.74) is 5.45. The van der Waals surface area contributed by atoms with Gasteiger partial charge in [-0.15, -0.1) is 0 Å². The predicted octanol–water partition coefficient (Wildman–Crippen LogP) is 2.87. The summed E-state index contributed by atoms with van der Waals surface area (Å²) in [6.45, 7) is 6.16. The number of hydrogen-bond acceptors (Lipinski definition) is 5. The van der Waals surface area contributed by atoms with E-state index in [0.29, 0.717) is 5.56 Å². The lowest BCUT2D eigenvalue weighted by Crippen LogP contribution is -2.45. The maximum atomic E-state index is 15.6. The zero-order valence-corrected chi connectivity index (χ0v) is 20.3. The molecule has 0 aromatic heterocycles. The van der Waals surface area contributed by atoms with Crippen molar-refractivity contribution in [2.75, 3.05) is 13.1 Å². The Balaban J connectivity index is 1.84. The molecule has 2 aliphatic heterocycles. The third kappa shape index (κ3) is 5.54. The zero-order chi connectivity index (χ0) is 26.2. The van der Waals surface area contributed by atoms with Gasteiger partial charge < -0.3 is 25.4 Å². The van der Waals surface area contributed by atoms with Crippen LogP contribution in [-0.4, -0.2) is 69.7 Å². The minimum atomic E-state index is -1.60. The van der Waals surface area contributed by atoms with Gasteiger partial charge in [-0.2, -0.15) is 0 Å². The number of carbonyl (C=O) groups excluding carboxylic acids is 3. The molecule has 3 rings (SSSR count). The number of piperidine rings is 1. The van der Waals surface area contributed by atoms with Crippen LogP contribution in [0.25, 0.3) is 0 Å². The van der Waals surface area contributed by atoms with Gasteiger partial charge in [-0.3, -0.25) is 14.4 Å². The Hall–Kier alpha value is -3.24. The van der Waals surface area contributed by atoms with Crippen LogP contribution < -0.4 is 5.73 Å². The second kappa shape index (κ2) is 9.79. The topological polar surface area (TPSA) is 130 Å². The fourth-order valence-electron chi connectivity index (χ4n) is 4.77. The molecule has 1 aromatic rings. The van der Waals surface area contributed by atoms with Crippen LogP contribution in [0.15, 0.2) is 6.07 Å². The first-order chi connectivity index (χ1) is 16.2. The third-order valence-corrected chi connectivity index (χ3v) is 6.35. The lowest BCUT2D eigenvalue weighted by atomic mass is 9.84. The molecule has 0 saturated carbocycles. The quantitative estimate of drug-likeness (QED) is 0.584. The number of hydrogen-bond donors (Lipinski definition) is 2. The van der Waals surface area contributed by atoms with E-state index in [2.05, 4.69) is 0 Å². The van der Waals surface area contributed by atoms with E-state index < -0.39 is 53.4 Å². The normalized spacial score (nSPS) is 21.0. The Morgan fingerprint density at radius 3 is 2.51 bits per heavy atom. The molecular formula is C24H31F2N3O6. The van der Waals surface area contributed by atoms with Gasteiger partial charge >= 0.3 is 12.1 Å². The fraction of sp³-hybridized carbons (Fsp3) is 0.583. The van der Waals surface area contributed by atoms with Crippen molar-refractivity contribution in [3.05, 3.63) is 34.1 Å². The highest BCUT2D eigenvalue weighted by atomic mass is 19.1. The molecule has 0 bridgehead atoms. The number of amides is 3. The average Bonchev–Trinajstić information content (AvgIpc) is 3.07. The molecule has 1 aromatic carbocycles. The number of aryl methyl sites for hydroxylation is 1. The van der Waals surface area contributed by atoms with Crippen molar-refractivity contribution < 1.29 is 37.8 Å². The smallest absolute Gasteiger partial charge is 0.407 e. The van der Waals surface area contributed by atoms with Gasteiger partial charge in [0.15, 0.2) is 0 Å². The summed E-state index contributed by atoms with van der Waals surface area (Å²) >= 11 is 0. The van der Waals surface area contributed by atoms with Gasteiger partial charge in [0.1, 0.15) is 23.6 Å². The number of carboxylic acid groups (broad SMARTS) is 1. The van der Waals surface area contributed by atoms with Gasteiger partial charge in [-0.05, 0) is 51.7 Å². The lowest BCUT2D eigenvalue weighted by Gasteiger charge is -2.33. The van der Waals surface area contributed by atoms with Crippen LogP contribution in [0.3, 0.4) is 0 Å². The van der Waals surface area contributed by atoms with Gasteiger partial charge in [0, 0.05) is 24.4 Å². The standard InChI is InChI=1S/C24H31F2N3O6/c1-12-9-14(13-7-8-28(23(33)34)11-16(13)25)20(26)15-10-29(22(32)19(12)15)17(21(27)31)5-6-18(30)35-24(2,3)4/h9,13,16-17H,5-8,10-11H2,1-4H3,(H2,27,31)(H,33,34)/t13-,16-,17-/m0/s1. The Labute approximate surface area is 202 Å². The first kappa shape index (κ1) is 26.4. The van der Waals surface area contributed by atoms with Crippen molar-refractivity contribution in [2.45, 2.75) is 77.2 Å². The summed E-state index contributed by atoms with van der Waals surface area (Å²) in [5, 5.41) is 9.10. The Morgan fingerprint density at radius 2 is 1.97 bits per heavy atom. The van der Waals surface area contributed by atoms with E-state index in [0.717, 1.165) is 9.80 Å². The number of rotatable bonds is 6. The molecule has 35 heavy (non-hydrogen) atoms. The molecule has 1 saturated heterocycles. The lowest BCUT2D eigenvalue weighted by molar-refractivity contribution is -0.155. The van der Waals surface area contributed by atoms with E-state index in [-0.39, 0.29) is 55.6 Å². The van der Waals surface area contributed by atoms with Crippen LogP contribution in [0, 0.1) is 12.7 Å². The number of benzene rings is 1. The van der Waals surface area contributed by atoms with Gasteiger partial charge in [-0.25, -0.2) is 13.6 Å².